The molecule has 0 N–H and O–H groups in total. The zero-order chi connectivity index (χ0) is 14.8. The number of anilines is 1. The van der Waals surface area contributed by atoms with Crippen molar-refractivity contribution in [2.24, 2.45) is 0 Å². The molecule has 1 aromatic rings. The Bertz CT molecular complexity index is 507. The standard InChI is InChI=1S/C17H24N2O2/c1-13-11-18(12-14(2)21-13)9-8-17(20)19-10-7-15-5-3-4-6-16(15)19/h3-6,13-14H,7-12H2,1-2H3. The highest BCUT2D eigenvalue weighted by atomic mass is 16.5. The number of fused-ring (bicyclic) bond motifs is 1. The zero-order valence-electron chi connectivity index (χ0n) is 12.9. The first-order valence-electron chi connectivity index (χ1n) is 7.89. The maximum atomic E-state index is 12.5. The summed E-state index contributed by atoms with van der Waals surface area (Å²) in [5.74, 6) is 0.242. The first kappa shape index (κ1) is 14.5. The van der Waals surface area contributed by atoms with E-state index in [4.69, 9.17) is 4.74 Å². The van der Waals surface area contributed by atoms with Gasteiger partial charge < -0.3 is 9.64 Å². The van der Waals surface area contributed by atoms with Crippen molar-refractivity contribution in [2.75, 3.05) is 31.1 Å². The molecule has 0 aliphatic carbocycles. The van der Waals surface area contributed by atoms with Crippen LogP contribution in [0, 0.1) is 0 Å². The zero-order valence-corrected chi connectivity index (χ0v) is 12.9. The summed E-state index contributed by atoms with van der Waals surface area (Å²) in [6, 6.07) is 8.23. The third-order valence-electron chi connectivity index (χ3n) is 4.33. The van der Waals surface area contributed by atoms with Crippen LogP contribution in [0.4, 0.5) is 5.69 Å². The van der Waals surface area contributed by atoms with Gasteiger partial charge in [-0.2, -0.15) is 0 Å². The van der Waals surface area contributed by atoms with Crippen LogP contribution in [0.1, 0.15) is 25.8 Å². The molecule has 2 heterocycles. The van der Waals surface area contributed by atoms with Crippen molar-refractivity contribution in [3.05, 3.63) is 29.8 Å². The summed E-state index contributed by atoms with van der Waals surface area (Å²) >= 11 is 0. The predicted molar refractivity (Wildman–Crippen MR) is 83.6 cm³/mol. The van der Waals surface area contributed by atoms with Gasteiger partial charge in [0.1, 0.15) is 0 Å². The number of morpholine rings is 1. The van der Waals surface area contributed by atoms with Gasteiger partial charge >= 0.3 is 0 Å². The van der Waals surface area contributed by atoms with Gasteiger partial charge in [0.05, 0.1) is 12.2 Å². The van der Waals surface area contributed by atoms with Gasteiger partial charge in [0, 0.05) is 38.3 Å². The van der Waals surface area contributed by atoms with Gasteiger partial charge in [-0.25, -0.2) is 0 Å². The van der Waals surface area contributed by atoms with Gasteiger partial charge in [-0.05, 0) is 31.9 Å². The second-order valence-electron chi connectivity index (χ2n) is 6.19. The minimum absolute atomic E-state index is 0.242. The van der Waals surface area contributed by atoms with Crippen molar-refractivity contribution in [3.8, 4) is 0 Å². The molecule has 2 aliphatic rings. The van der Waals surface area contributed by atoms with Crippen molar-refractivity contribution >= 4 is 11.6 Å². The number of ether oxygens (including phenoxy) is 1. The van der Waals surface area contributed by atoms with Gasteiger partial charge in [-0.3, -0.25) is 9.69 Å². The van der Waals surface area contributed by atoms with E-state index in [1.807, 2.05) is 17.0 Å². The van der Waals surface area contributed by atoms with E-state index in [1.165, 1.54) is 5.56 Å². The van der Waals surface area contributed by atoms with Crippen molar-refractivity contribution in [1.82, 2.24) is 4.90 Å². The fourth-order valence-corrected chi connectivity index (χ4v) is 3.45. The van der Waals surface area contributed by atoms with E-state index in [-0.39, 0.29) is 18.1 Å². The quantitative estimate of drug-likeness (QED) is 0.853. The molecule has 2 atom stereocenters. The SMILES string of the molecule is CC1CN(CCC(=O)N2CCc3ccccc32)CC(C)O1. The van der Waals surface area contributed by atoms with E-state index in [2.05, 4.69) is 30.9 Å². The molecule has 0 aromatic heterocycles. The summed E-state index contributed by atoms with van der Waals surface area (Å²) in [4.78, 5) is 16.8. The molecule has 4 nitrogen and oxygen atoms in total. The Balaban J connectivity index is 1.56. The summed E-state index contributed by atoms with van der Waals surface area (Å²) in [5, 5.41) is 0. The van der Waals surface area contributed by atoms with Crippen molar-refractivity contribution in [2.45, 2.75) is 38.9 Å². The maximum Gasteiger partial charge on any atom is 0.228 e. The van der Waals surface area contributed by atoms with E-state index in [9.17, 15) is 4.79 Å². The molecule has 1 saturated heterocycles. The van der Waals surface area contributed by atoms with E-state index >= 15 is 0 Å². The Kier molecular flexibility index (Phi) is 4.27. The normalized spacial score (nSPS) is 25.9. The summed E-state index contributed by atoms with van der Waals surface area (Å²) < 4.78 is 5.73. The number of hydrogen-bond acceptors (Lipinski definition) is 3. The topological polar surface area (TPSA) is 32.8 Å². The lowest BCUT2D eigenvalue weighted by molar-refractivity contribution is -0.120. The minimum Gasteiger partial charge on any atom is -0.373 e. The first-order chi connectivity index (χ1) is 10.1. The number of nitrogens with zero attached hydrogens (tertiary/aromatic N) is 2. The van der Waals surface area contributed by atoms with Crippen molar-refractivity contribution < 1.29 is 9.53 Å². The van der Waals surface area contributed by atoms with Gasteiger partial charge in [0.25, 0.3) is 0 Å². The summed E-state index contributed by atoms with van der Waals surface area (Å²) in [6.45, 7) is 7.70. The molecule has 21 heavy (non-hydrogen) atoms. The lowest BCUT2D eigenvalue weighted by Gasteiger charge is -2.35. The van der Waals surface area contributed by atoms with Gasteiger partial charge in [0.2, 0.25) is 5.91 Å². The van der Waals surface area contributed by atoms with Gasteiger partial charge in [-0.1, -0.05) is 18.2 Å². The number of hydrogen-bond donors (Lipinski definition) is 0. The highest BCUT2D eigenvalue weighted by molar-refractivity contribution is 5.95. The van der Waals surface area contributed by atoms with Crippen LogP contribution in [0.3, 0.4) is 0 Å². The van der Waals surface area contributed by atoms with E-state index in [0.29, 0.717) is 6.42 Å². The van der Waals surface area contributed by atoms with Gasteiger partial charge in [0.15, 0.2) is 0 Å². The number of para-hydroxylation sites is 1. The highest BCUT2D eigenvalue weighted by Crippen LogP contribution is 2.27. The summed E-state index contributed by atoms with van der Waals surface area (Å²) in [7, 11) is 0. The molecule has 0 spiro atoms. The largest absolute Gasteiger partial charge is 0.373 e. The van der Waals surface area contributed by atoms with Crippen LogP contribution in [0.2, 0.25) is 0 Å². The van der Waals surface area contributed by atoms with Crippen molar-refractivity contribution in [3.63, 3.8) is 0 Å². The first-order valence-corrected chi connectivity index (χ1v) is 7.89. The second kappa shape index (κ2) is 6.16. The fraction of sp³-hybridized carbons (Fsp3) is 0.588. The van der Waals surface area contributed by atoms with E-state index in [1.54, 1.807) is 0 Å². The number of carbonyl (C=O) groups excluding carboxylic acids is 1. The number of rotatable bonds is 3. The molecule has 0 saturated carbocycles. The van der Waals surface area contributed by atoms with Crippen LogP contribution in [0.25, 0.3) is 0 Å². The summed E-state index contributed by atoms with van der Waals surface area (Å²) in [6.07, 6.45) is 2.09. The van der Waals surface area contributed by atoms with Crippen LogP contribution >= 0.6 is 0 Å². The number of amides is 1. The summed E-state index contributed by atoms with van der Waals surface area (Å²) in [5.41, 5.74) is 2.39. The smallest absolute Gasteiger partial charge is 0.228 e. The monoisotopic (exact) mass is 288 g/mol. The average Bonchev–Trinajstić information content (AvgIpc) is 2.88. The number of benzene rings is 1. The molecule has 3 rings (SSSR count). The lowest BCUT2D eigenvalue weighted by atomic mass is 10.2. The molecule has 2 unspecified atom stereocenters. The van der Waals surface area contributed by atoms with E-state index < -0.39 is 0 Å². The molecule has 0 bridgehead atoms. The fourth-order valence-electron chi connectivity index (χ4n) is 3.45. The van der Waals surface area contributed by atoms with Crippen LogP contribution in [0.15, 0.2) is 24.3 Å². The molecule has 2 aliphatic heterocycles. The molecule has 1 amide bonds. The number of carbonyl (C=O) groups is 1. The molecule has 1 fully saturated rings. The molecule has 0 radical (unpaired) electrons. The Morgan fingerprint density at radius 3 is 2.71 bits per heavy atom. The van der Waals surface area contributed by atoms with Crippen LogP contribution in [-0.4, -0.2) is 49.2 Å². The van der Waals surface area contributed by atoms with E-state index in [0.717, 1.165) is 38.3 Å². The Morgan fingerprint density at radius 1 is 1.24 bits per heavy atom. The average molecular weight is 288 g/mol. The minimum atomic E-state index is 0.242. The second-order valence-corrected chi connectivity index (χ2v) is 6.19. The lowest BCUT2D eigenvalue weighted by Crippen LogP contribution is -2.46. The Labute approximate surface area is 126 Å². The Hall–Kier alpha value is -1.39. The molecular formula is C17H24N2O2. The molecule has 4 heteroatoms. The van der Waals surface area contributed by atoms with Crippen LogP contribution in [-0.2, 0) is 16.0 Å². The van der Waals surface area contributed by atoms with Gasteiger partial charge in [-0.15, -0.1) is 0 Å². The van der Waals surface area contributed by atoms with Crippen LogP contribution in [0.5, 0.6) is 0 Å². The predicted octanol–water partition coefficient (Wildman–Crippen LogP) is 2.07. The maximum absolute atomic E-state index is 12.5. The highest BCUT2D eigenvalue weighted by Gasteiger charge is 2.26. The van der Waals surface area contributed by atoms with Crippen molar-refractivity contribution in [1.29, 1.82) is 0 Å². The third-order valence-corrected chi connectivity index (χ3v) is 4.33. The third kappa shape index (κ3) is 3.27. The molecular weight excluding hydrogens is 264 g/mol. The van der Waals surface area contributed by atoms with Crippen LogP contribution < -0.4 is 4.90 Å². The Morgan fingerprint density at radius 2 is 1.95 bits per heavy atom. The molecule has 1 aromatic carbocycles. The molecule has 114 valence electrons.